The van der Waals surface area contributed by atoms with Crippen LogP contribution in [0.4, 0.5) is 5.82 Å². The number of benzene rings is 2. The second-order valence-electron chi connectivity index (χ2n) is 9.71. The average molecular weight is 505 g/mol. The van der Waals surface area contributed by atoms with Crippen LogP contribution in [-0.2, 0) is 0 Å². The van der Waals surface area contributed by atoms with Crippen molar-refractivity contribution in [1.82, 2.24) is 25.0 Å². The van der Waals surface area contributed by atoms with E-state index in [1.54, 1.807) is 4.68 Å². The van der Waals surface area contributed by atoms with Crippen molar-refractivity contribution in [3.63, 3.8) is 0 Å². The standard InChI is InChI=1S/C26H28N6O3S/c1-14-7-9-17(10-8-14)36-26-28-24(27-19-12-18(19)15-5-3-2-4-6-15)21-25(29-26)32(31-30-21)20-11-16(13-33)22(34)23(20)35/h2-10,16,18-20,22-23,33-35H,11-13H2,1H3,(H,27,28,29). The summed E-state index contributed by atoms with van der Waals surface area (Å²) in [4.78, 5) is 10.6. The highest BCUT2D eigenvalue weighted by molar-refractivity contribution is 7.99. The molecule has 0 amide bonds. The Morgan fingerprint density at radius 3 is 2.50 bits per heavy atom. The van der Waals surface area contributed by atoms with Gasteiger partial charge < -0.3 is 20.6 Å². The molecule has 0 radical (unpaired) electrons. The molecule has 2 aromatic heterocycles. The maximum Gasteiger partial charge on any atom is 0.196 e. The maximum absolute atomic E-state index is 10.7. The molecule has 0 bridgehead atoms. The molecule has 10 heteroatoms. The van der Waals surface area contributed by atoms with Crippen molar-refractivity contribution in [3.8, 4) is 0 Å². The first kappa shape index (κ1) is 23.4. The molecular formula is C26H28N6O3S. The highest BCUT2D eigenvalue weighted by Gasteiger charge is 2.44. The van der Waals surface area contributed by atoms with Gasteiger partial charge in [0.1, 0.15) is 6.10 Å². The maximum atomic E-state index is 10.7. The van der Waals surface area contributed by atoms with Gasteiger partial charge in [-0.25, -0.2) is 14.6 Å². The van der Waals surface area contributed by atoms with Gasteiger partial charge in [-0.2, -0.15) is 0 Å². The summed E-state index contributed by atoms with van der Waals surface area (Å²) in [6, 6.07) is 18.3. The Morgan fingerprint density at radius 1 is 1.00 bits per heavy atom. The van der Waals surface area contributed by atoms with Crippen LogP contribution < -0.4 is 5.32 Å². The topological polar surface area (TPSA) is 129 Å². The summed E-state index contributed by atoms with van der Waals surface area (Å²) in [5.74, 6) is 0.579. The predicted octanol–water partition coefficient (Wildman–Crippen LogP) is 2.92. The van der Waals surface area contributed by atoms with Crippen LogP contribution in [0.15, 0.2) is 64.6 Å². The number of aliphatic hydroxyl groups is 3. The molecule has 4 aromatic rings. The largest absolute Gasteiger partial charge is 0.396 e. The first-order chi connectivity index (χ1) is 17.5. The van der Waals surface area contributed by atoms with E-state index < -0.39 is 24.2 Å². The molecule has 2 aromatic carbocycles. The zero-order valence-corrected chi connectivity index (χ0v) is 20.6. The zero-order valence-electron chi connectivity index (χ0n) is 19.8. The molecular weight excluding hydrogens is 476 g/mol. The van der Waals surface area contributed by atoms with Gasteiger partial charge in [-0.3, -0.25) is 0 Å². The van der Waals surface area contributed by atoms with E-state index in [0.717, 1.165) is 11.3 Å². The van der Waals surface area contributed by atoms with Crippen molar-refractivity contribution in [2.45, 2.75) is 60.0 Å². The van der Waals surface area contributed by atoms with Gasteiger partial charge in [-0.1, -0.05) is 53.2 Å². The zero-order chi connectivity index (χ0) is 24.8. The van der Waals surface area contributed by atoms with Crippen molar-refractivity contribution in [1.29, 1.82) is 0 Å². The van der Waals surface area contributed by atoms with Gasteiger partial charge in [-0.15, -0.1) is 5.10 Å². The van der Waals surface area contributed by atoms with E-state index in [1.807, 2.05) is 37.3 Å². The summed E-state index contributed by atoms with van der Waals surface area (Å²) < 4.78 is 1.58. The molecule has 2 aliphatic carbocycles. The molecule has 6 unspecified atom stereocenters. The number of aliphatic hydroxyl groups excluding tert-OH is 3. The lowest BCUT2D eigenvalue weighted by molar-refractivity contribution is -0.00512. The second kappa shape index (κ2) is 9.44. The summed E-state index contributed by atoms with van der Waals surface area (Å²) in [6.07, 6.45) is -0.727. The van der Waals surface area contributed by atoms with Crippen molar-refractivity contribution < 1.29 is 15.3 Å². The number of rotatable bonds is 7. The van der Waals surface area contributed by atoms with Crippen LogP contribution in [0.25, 0.3) is 11.2 Å². The molecule has 2 saturated carbocycles. The molecule has 186 valence electrons. The van der Waals surface area contributed by atoms with Gasteiger partial charge in [0.15, 0.2) is 22.1 Å². The summed E-state index contributed by atoms with van der Waals surface area (Å²) in [7, 11) is 0. The summed E-state index contributed by atoms with van der Waals surface area (Å²) in [6.45, 7) is 1.84. The van der Waals surface area contributed by atoms with Crippen LogP contribution in [0.5, 0.6) is 0 Å². The van der Waals surface area contributed by atoms with Crippen LogP contribution >= 0.6 is 11.8 Å². The van der Waals surface area contributed by atoms with Gasteiger partial charge in [0.2, 0.25) is 0 Å². The molecule has 6 atom stereocenters. The van der Waals surface area contributed by atoms with E-state index in [1.165, 1.54) is 22.9 Å². The fraction of sp³-hybridized carbons (Fsp3) is 0.385. The van der Waals surface area contributed by atoms with Crippen molar-refractivity contribution >= 4 is 28.7 Å². The Kier molecular flexibility index (Phi) is 6.12. The van der Waals surface area contributed by atoms with Gasteiger partial charge in [0.25, 0.3) is 0 Å². The van der Waals surface area contributed by atoms with E-state index in [4.69, 9.17) is 9.97 Å². The van der Waals surface area contributed by atoms with Crippen molar-refractivity contribution in [2.75, 3.05) is 11.9 Å². The highest BCUT2D eigenvalue weighted by Crippen LogP contribution is 2.44. The molecule has 0 spiro atoms. The fourth-order valence-corrected chi connectivity index (χ4v) is 5.76. The molecule has 2 fully saturated rings. The molecule has 2 heterocycles. The van der Waals surface area contributed by atoms with E-state index >= 15 is 0 Å². The number of hydrogen-bond acceptors (Lipinski definition) is 9. The Bertz CT molecular complexity index is 1370. The lowest BCUT2D eigenvalue weighted by Crippen LogP contribution is -2.30. The first-order valence-corrected chi connectivity index (χ1v) is 13.0. The number of aromatic nitrogens is 5. The van der Waals surface area contributed by atoms with Crippen molar-refractivity contribution in [3.05, 3.63) is 65.7 Å². The molecule has 4 N–H and O–H groups in total. The number of nitrogens with one attached hydrogen (secondary N) is 1. The third kappa shape index (κ3) is 4.34. The number of aryl methyl sites for hydroxylation is 1. The monoisotopic (exact) mass is 504 g/mol. The van der Waals surface area contributed by atoms with E-state index in [2.05, 4.69) is 39.9 Å². The van der Waals surface area contributed by atoms with Gasteiger partial charge in [-0.05, 0) is 49.2 Å². The Morgan fingerprint density at radius 2 is 1.78 bits per heavy atom. The van der Waals surface area contributed by atoms with E-state index in [-0.39, 0.29) is 12.6 Å². The number of fused-ring (bicyclic) bond motifs is 1. The second-order valence-corrected chi connectivity index (χ2v) is 10.7. The predicted molar refractivity (Wildman–Crippen MR) is 136 cm³/mol. The molecule has 0 aliphatic heterocycles. The molecule has 2 aliphatic rings. The third-order valence-electron chi connectivity index (χ3n) is 7.19. The van der Waals surface area contributed by atoms with Crippen LogP contribution in [0, 0.1) is 12.8 Å². The lowest BCUT2D eigenvalue weighted by Gasteiger charge is -2.17. The minimum atomic E-state index is -1.07. The molecule has 9 nitrogen and oxygen atoms in total. The normalized spacial score (nSPS) is 27.4. The Hall–Kier alpha value is -3.05. The smallest absolute Gasteiger partial charge is 0.196 e. The number of anilines is 1. The molecule has 0 saturated heterocycles. The molecule has 6 rings (SSSR count). The fourth-order valence-electron chi connectivity index (χ4n) is 5.01. The highest BCUT2D eigenvalue weighted by atomic mass is 32.2. The number of hydrogen-bond donors (Lipinski definition) is 4. The summed E-state index contributed by atoms with van der Waals surface area (Å²) in [5.41, 5.74) is 3.48. The quantitative estimate of drug-likeness (QED) is 0.281. The minimum Gasteiger partial charge on any atom is -0.396 e. The third-order valence-corrected chi connectivity index (χ3v) is 8.07. The summed E-state index contributed by atoms with van der Waals surface area (Å²) in [5, 5.41) is 43.5. The first-order valence-electron chi connectivity index (χ1n) is 12.2. The SMILES string of the molecule is Cc1ccc(Sc2nc(NC3CC3c3ccccc3)c3nnn(C4CC(CO)C(O)C4O)c3n2)cc1. The van der Waals surface area contributed by atoms with Gasteiger partial charge >= 0.3 is 0 Å². The van der Waals surface area contributed by atoms with E-state index in [0.29, 0.717) is 34.5 Å². The number of nitrogens with zero attached hydrogens (tertiary/aromatic N) is 5. The Balaban J connectivity index is 1.36. The van der Waals surface area contributed by atoms with Crippen LogP contribution in [0.3, 0.4) is 0 Å². The van der Waals surface area contributed by atoms with Crippen LogP contribution in [0.1, 0.15) is 35.9 Å². The van der Waals surface area contributed by atoms with Crippen LogP contribution in [-0.4, -0.2) is 65.1 Å². The summed E-state index contributed by atoms with van der Waals surface area (Å²) >= 11 is 1.45. The van der Waals surface area contributed by atoms with Crippen molar-refractivity contribution in [2.24, 2.45) is 5.92 Å². The van der Waals surface area contributed by atoms with Gasteiger partial charge in [0, 0.05) is 29.4 Å². The Labute approximate surface area is 212 Å². The van der Waals surface area contributed by atoms with Crippen LogP contribution in [0.2, 0.25) is 0 Å². The lowest BCUT2D eigenvalue weighted by atomic mass is 10.1. The molecule has 36 heavy (non-hydrogen) atoms. The van der Waals surface area contributed by atoms with Gasteiger partial charge in [0.05, 0.1) is 12.1 Å². The average Bonchev–Trinajstić information content (AvgIpc) is 3.44. The minimum absolute atomic E-state index is 0.208. The van der Waals surface area contributed by atoms with E-state index in [9.17, 15) is 15.3 Å².